The van der Waals surface area contributed by atoms with Gasteiger partial charge in [0.1, 0.15) is 6.10 Å². The lowest BCUT2D eigenvalue weighted by Gasteiger charge is -2.18. The van der Waals surface area contributed by atoms with E-state index in [1.54, 1.807) is 14.1 Å². The average Bonchev–Trinajstić information content (AvgIpc) is 2.51. The van der Waals surface area contributed by atoms with Gasteiger partial charge in [-0.2, -0.15) is 0 Å². The number of carbonyl (C=O) groups is 1. The maximum atomic E-state index is 11.5. The van der Waals surface area contributed by atoms with E-state index in [1.807, 2.05) is 13.8 Å². The van der Waals surface area contributed by atoms with Crippen molar-refractivity contribution >= 4 is 13.8 Å². The molecule has 0 bridgehead atoms. The van der Waals surface area contributed by atoms with Crippen molar-refractivity contribution in [3.05, 3.63) is 11.6 Å². The Morgan fingerprint density at radius 1 is 1.50 bits per heavy atom. The van der Waals surface area contributed by atoms with Gasteiger partial charge in [-0.1, -0.05) is 0 Å². The minimum Gasteiger partial charge on any atom is -0.440 e. The van der Waals surface area contributed by atoms with E-state index < -0.39 is 11.9 Å². The van der Waals surface area contributed by atoms with E-state index in [0.717, 1.165) is 5.57 Å². The molecule has 0 aromatic heterocycles. The van der Waals surface area contributed by atoms with Crippen LogP contribution in [0.3, 0.4) is 0 Å². The number of hydrogen-bond donors (Lipinski definition) is 0. The van der Waals surface area contributed by atoms with Gasteiger partial charge in [-0.15, -0.1) is 0 Å². The third-order valence-corrected chi connectivity index (χ3v) is 2.38. The highest BCUT2D eigenvalue weighted by Gasteiger charge is 2.49. The molecule has 0 unspecified atom stereocenters. The van der Waals surface area contributed by atoms with E-state index in [-0.39, 0.29) is 11.9 Å². The average molecular weight is 196 g/mol. The lowest BCUT2D eigenvalue weighted by atomic mass is 10.1. The monoisotopic (exact) mass is 196 g/mol. The summed E-state index contributed by atoms with van der Waals surface area (Å²) in [4.78, 5) is 11.5. The van der Waals surface area contributed by atoms with Crippen LogP contribution in [0.25, 0.3) is 0 Å². The largest absolute Gasteiger partial charge is 0.440 e. The van der Waals surface area contributed by atoms with Crippen molar-refractivity contribution in [2.24, 2.45) is 0 Å². The number of hydrogen-bond acceptors (Lipinski definition) is 4. The first-order valence-corrected chi connectivity index (χ1v) is 4.62. The Balaban J connectivity index is 2.18. The van der Waals surface area contributed by atoms with Gasteiger partial charge in [0.25, 0.3) is 8.05 Å². The summed E-state index contributed by atoms with van der Waals surface area (Å²) in [6, 6.07) is 0. The topological polar surface area (TPSA) is 44.8 Å². The second-order valence-electron chi connectivity index (χ2n) is 4.03. The molecule has 0 radical (unpaired) electrons. The maximum absolute atomic E-state index is 11.5. The number of ketones is 1. The molecule has 76 valence electrons. The third kappa shape index (κ3) is 1.51. The van der Waals surface area contributed by atoms with Crippen LogP contribution >= 0.6 is 0 Å². The predicted molar refractivity (Wildman–Crippen MR) is 51.4 cm³/mol. The van der Waals surface area contributed by atoms with E-state index in [1.165, 1.54) is 0 Å². The van der Waals surface area contributed by atoms with Crippen LogP contribution < -0.4 is 0 Å². The minimum atomic E-state index is -0.668. The highest BCUT2D eigenvalue weighted by molar-refractivity contribution is 5.99. The highest BCUT2D eigenvalue weighted by Crippen LogP contribution is 2.36. The van der Waals surface area contributed by atoms with Gasteiger partial charge in [-0.3, -0.25) is 4.79 Å². The SMILES string of the molecule is BOCC1=CC(=O)[C@@H]2OC(C)(C)O[C@H]12. The third-order valence-electron chi connectivity index (χ3n) is 2.38. The van der Waals surface area contributed by atoms with Crippen molar-refractivity contribution in [1.29, 1.82) is 0 Å². The van der Waals surface area contributed by atoms with Crippen LogP contribution in [0.15, 0.2) is 11.6 Å². The first-order valence-electron chi connectivity index (χ1n) is 4.62. The molecule has 2 atom stereocenters. The van der Waals surface area contributed by atoms with Gasteiger partial charge >= 0.3 is 0 Å². The molecule has 0 amide bonds. The summed E-state index contributed by atoms with van der Waals surface area (Å²) in [5, 5.41) is 0. The molecule has 0 aromatic carbocycles. The standard InChI is InChI=1S/C9H13BO4/c1-9(2)13-7-5(4-12-10)3-6(11)8(7)14-9/h3,7-8H,4,10H2,1-2H3/t7-,8+/m1/s1. The Morgan fingerprint density at radius 2 is 2.14 bits per heavy atom. The summed E-state index contributed by atoms with van der Waals surface area (Å²) < 4.78 is 16.1. The van der Waals surface area contributed by atoms with Gasteiger partial charge in [0.15, 0.2) is 17.7 Å². The highest BCUT2D eigenvalue weighted by atomic mass is 16.8. The van der Waals surface area contributed by atoms with Crippen molar-refractivity contribution in [1.82, 2.24) is 0 Å². The Bertz CT molecular complexity index is 297. The van der Waals surface area contributed by atoms with Crippen molar-refractivity contribution in [3.63, 3.8) is 0 Å². The minimum absolute atomic E-state index is 0.0207. The van der Waals surface area contributed by atoms with E-state index >= 15 is 0 Å². The van der Waals surface area contributed by atoms with Crippen LogP contribution in [0.4, 0.5) is 0 Å². The quantitative estimate of drug-likeness (QED) is 0.562. The Hall–Kier alpha value is -0.645. The first-order chi connectivity index (χ1) is 6.53. The van der Waals surface area contributed by atoms with Crippen LogP contribution in [0.1, 0.15) is 13.8 Å². The van der Waals surface area contributed by atoms with Crippen LogP contribution in [-0.4, -0.2) is 38.4 Å². The molecule has 0 N–H and O–H groups in total. The van der Waals surface area contributed by atoms with Crippen molar-refractivity contribution in [2.45, 2.75) is 31.8 Å². The molecule has 1 heterocycles. The zero-order valence-electron chi connectivity index (χ0n) is 8.57. The van der Waals surface area contributed by atoms with Crippen LogP contribution in [-0.2, 0) is 18.9 Å². The van der Waals surface area contributed by atoms with Crippen molar-refractivity contribution in [2.75, 3.05) is 6.61 Å². The molecule has 0 spiro atoms. The molecule has 2 rings (SSSR count). The summed E-state index contributed by atoms with van der Waals surface area (Å²) in [5.74, 6) is -0.689. The van der Waals surface area contributed by atoms with Gasteiger partial charge in [0.2, 0.25) is 0 Å². The normalized spacial score (nSPS) is 34.4. The van der Waals surface area contributed by atoms with Crippen molar-refractivity contribution < 1.29 is 18.9 Å². The molecule has 0 saturated carbocycles. The van der Waals surface area contributed by atoms with Gasteiger partial charge in [-0.05, 0) is 25.5 Å². The van der Waals surface area contributed by atoms with Crippen LogP contribution in [0.5, 0.6) is 0 Å². The molecule has 5 heteroatoms. The second-order valence-corrected chi connectivity index (χ2v) is 4.03. The zero-order valence-corrected chi connectivity index (χ0v) is 8.57. The predicted octanol–water partition coefficient (Wildman–Crippen LogP) is -0.420. The van der Waals surface area contributed by atoms with Crippen molar-refractivity contribution in [3.8, 4) is 0 Å². The lowest BCUT2D eigenvalue weighted by Crippen LogP contribution is -2.26. The van der Waals surface area contributed by atoms with E-state index in [4.69, 9.17) is 14.1 Å². The molecule has 4 nitrogen and oxygen atoms in total. The van der Waals surface area contributed by atoms with Gasteiger partial charge in [0, 0.05) is 0 Å². The fourth-order valence-electron chi connectivity index (χ4n) is 1.88. The van der Waals surface area contributed by atoms with E-state index in [2.05, 4.69) is 0 Å². The number of ether oxygens (including phenoxy) is 2. The molecule has 1 saturated heterocycles. The van der Waals surface area contributed by atoms with Crippen LogP contribution in [0.2, 0.25) is 0 Å². The number of rotatable bonds is 2. The molecule has 14 heavy (non-hydrogen) atoms. The van der Waals surface area contributed by atoms with E-state index in [0.29, 0.717) is 6.61 Å². The Morgan fingerprint density at radius 3 is 2.79 bits per heavy atom. The number of carbonyl (C=O) groups excluding carboxylic acids is 1. The van der Waals surface area contributed by atoms with Gasteiger partial charge in [0.05, 0.1) is 6.61 Å². The Labute approximate surface area is 83.6 Å². The molecule has 1 aliphatic heterocycles. The summed E-state index contributed by atoms with van der Waals surface area (Å²) in [5.41, 5.74) is 0.869. The Kier molecular flexibility index (Phi) is 2.25. The molecular formula is C9H13BO4. The maximum Gasteiger partial charge on any atom is 0.257 e. The van der Waals surface area contributed by atoms with E-state index in [9.17, 15) is 4.79 Å². The van der Waals surface area contributed by atoms with Crippen LogP contribution in [0, 0.1) is 0 Å². The smallest absolute Gasteiger partial charge is 0.257 e. The molecular weight excluding hydrogens is 183 g/mol. The van der Waals surface area contributed by atoms with Gasteiger partial charge < -0.3 is 14.1 Å². The summed E-state index contributed by atoms with van der Waals surface area (Å²) in [6.07, 6.45) is 0.848. The van der Waals surface area contributed by atoms with Gasteiger partial charge in [-0.25, -0.2) is 0 Å². The lowest BCUT2D eigenvalue weighted by molar-refractivity contribution is -0.153. The summed E-state index contributed by atoms with van der Waals surface area (Å²) in [7, 11) is 1.60. The number of fused-ring (bicyclic) bond motifs is 1. The zero-order chi connectivity index (χ0) is 10.3. The fraction of sp³-hybridized carbons (Fsp3) is 0.667. The fourth-order valence-corrected chi connectivity index (χ4v) is 1.88. The molecule has 2 aliphatic rings. The summed E-state index contributed by atoms with van der Waals surface area (Å²) in [6.45, 7) is 4.04. The molecule has 1 aliphatic carbocycles. The molecule has 0 aromatic rings. The second kappa shape index (κ2) is 3.19. The molecule has 1 fully saturated rings. The first kappa shape index (κ1) is 9.89. The summed E-state index contributed by atoms with van der Waals surface area (Å²) >= 11 is 0.